The van der Waals surface area contributed by atoms with Gasteiger partial charge in [-0.25, -0.2) is 0 Å². The SMILES string of the molecule is CC.Cc1[nH]nc2c1CN(CC(C)C)CCC2. The molecule has 0 bridgehead atoms. The second kappa shape index (κ2) is 6.80. The molecule has 0 saturated heterocycles. The average molecular weight is 237 g/mol. The van der Waals surface area contributed by atoms with E-state index in [1.807, 2.05) is 13.8 Å². The largest absolute Gasteiger partial charge is 0.299 e. The fourth-order valence-corrected chi connectivity index (χ4v) is 2.36. The first kappa shape index (κ1) is 14.2. The molecule has 0 aliphatic carbocycles. The Kier molecular flexibility index (Phi) is 5.69. The molecule has 0 fully saturated rings. The van der Waals surface area contributed by atoms with Gasteiger partial charge in [0.2, 0.25) is 0 Å². The van der Waals surface area contributed by atoms with Gasteiger partial charge in [-0.15, -0.1) is 0 Å². The van der Waals surface area contributed by atoms with Gasteiger partial charge in [0.15, 0.2) is 0 Å². The Hall–Kier alpha value is -0.830. The van der Waals surface area contributed by atoms with Crippen LogP contribution in [0.25, 0.3) is 0 Å². The first-order valence-corrected chi connectivity index (χ1v) is 6.92. The van der Waals surface area contributed by atoms with E-state index in [1.165, 1.54) is 36.5 Å². The Morgan fingerprint density at radius 2 is 2.06 bits per heavy atom. The van der Waals surface area contributed by atoms with E-state index < -0.39 is 0 Å². The predicted octanol–water partition coefficient (Wildman–Crippen LogP) is 3.15. The monoisotopic (exact) mass is 237 g/mol. The lowest BCUT2D eigenvalue weighted by Gasteiger charge is -2.22. The zero-order chi connectivity index (χ0) is 12.8. The molecule has 1 aromatic heterocycles. The number of aromatic amines is 1. The summed E-state index contributed by atoms with van der Waals surface area (Å²) >= 11 is 0. The lowest BCUT2D eigenvalue weighted by Crippen LogP contribution is -2.27. The molecule has 0 amide bonds. The first-order chi connectivity index (χ1) is 8.16. The molecule has 0 spiro atoms. The van der Waals surface area contributed by atoms with E-state index in [2.05, 4.69) is 35.9 Å². The number of hydrogen-bond donors (Lipinski definition) is 1. The zero-order valence-electron chi connectivity index (χ0n) is 12.0. The molecule has 0 radical (unpaired) electrons. The number of nitrogens with one attached hydrogen (secondary N) is 1. The first-order valence-electron chi connectivity index (χ1n) is 6.92. The number of nitrogens with zero attached hydrogens (tertiary/aromatic N) is 2. The maximum atomic E-state index is 4.38. The highest BCUT2D eigenvalue weighted by atomic mass is 15.2. The molecule has 1 aliphatic heterocycles. The van der Waals surface area contributed by atoms with Gasteiger partial charge < -0.3 is 0 Å². The predicted molar refractivity (Wildman–Crippen MR) is 73.1 cm³/mol. The van der Waals surface area contributed by atoms with Crippen molar-refractivity contribution in [1.82, 2.24) is 15.1 Å². The van der Waals surface area contributed by atoms with Crippen molar-refractivity contribution in [2.45, 2.75) is 54.0 Å². The Morgan fingerprint density at radius 3 is 2.71 bits per heavy atom. The van der Waals surface area contributed by atoms with E-state index in [9.17, 15) is 0 Å². The number of aromatic nitrogens is 2. The zero-order valence-corrected chi connectivity index (χ0v) is 12.0. The normalized spacial score (nSPS) is 16.1. The van der Waals surface area contributed by atoms with Crippen molar-refractivity contribution in [1.29, 1.82) is 0 Å². The van der Waals surface area contributed by atoms with Gasteiger partial charge in [0.05, 0.1) is 5.69 Å². The standard InChI is InChI=1S/C12H21N3.C2H6/c1-9(2)7-15-6-4-5-12-11(8-15)10(3)13-14-12;1-2/h9H,4-8H2,1-3H3,(H,13,14);1-2H3. The average Bonchev–Trinajstić information content (AvgIpc) is 2.52. The Balaban J connectivity index is 0.000000686. The molecule has 17 heavy (non-hydrogen) atoms. The molecular weight excluding hydrogens is 210 g/mol. The molecule has 0 saturated carbocycles. The summed E-state index contributed by atoms with van der Waals surface area (Å²) in [6.45, 7) is 14.2. The third kappa shape index (κ3) is 3.84. The van der Waals surface area contributed by atoms with Gasteiger partial charge in [0.25, 0.3) is 0 Å². The van der Waals surface area contributed by atoms with Gasteiger partial charge in [-0.05, 0) is 32.2 Å². The lowest BCUT2D eigenvalue weighted by atomic mass is 10.1. The van der Waals surface area contributed by atoms with Crippen LogP contribution in [0, 0.1) is 12.8 Å². The van der Waals surface area contributed by atoms with Crippen molar-refractivity contribution in [2.24, 2.45) is 5.92 Å². The molecule has 3 heteroatoms. The van der Waals surface area contributed by atoms with Crippen LogP contribution in [0.5, 0.6) is 0 Å². The molecule has 98 valence electrons. The second-order valence-electron chi connectivity index (χ2n) is 5.01. The third-order valence-corrected chi connectivity index (χ3v) is 3.05. The fraction of sp³-hybridized carbons (Fsp3) is 0.786. The Morgan fingerprint density at radius 1 is 1.35 bits per heavy atom. The van der Waals surface area contributed by atoms with Crippen molar-refractivity contribution in [3.05, 3.63) is 17.0 Å². The number of hydrogen-bond acceptors (Lipinski definition) is 2. The van der Waals surface area contributed by atoms with Crippen molar-refractivity contribution in [2.75, 3.05) is 13.1 Å². The maximum absolute atomic E-state index is 4.38. The third-order valence-electron chi connectivity index (χ3n) is 3.05. The highest BCUT2D eigenvalue weighted by Crippen LogP contribution is 2.19. The van der Waals surface area contributed by atoms with Crippen LogP contribution in [-0.4, -0.2) is 28.2 Å². The molecule has 1 aliphatic rings. The van der Waals surface area contributed by atoms with Crippen LogP contribution in [-0.2, 0) is 13.0 Å². The summed E-state index contributed by atoms with van der Waals surface area (Å²) in [5, 5.41) is 7.48. The van der Waals surface area contributed by atoms with Gasteiger partial charge >= 0.3 is 0 Å². The minimum Gasteiger partial charge on any atom is -0.299 e. The number of H-pyrrole nitrogens is 1. The van der Waals surface area contributed by atoms with Crippen LogP contribution in [0.1, 0.15) is 51.1 Å². The van der Waals surface area contributed by atoms with E-state index in [1.54, 1.807) is 0 Å². The summed E-state index contributed by atoms with van der Waals surface area (Å²) in [4.78, 5) is 2.55. The maximum Gasteiger partial charge on any atom is 0.0670 e. The van der Waals surface area contributed by atoms with Crippen molar-refractivity contribution in [3.63, 3.8) is 0 Å². The van der Waals surface area contributed by atoms with Gasteiger partial charge in [-0.1, -0.05) is 27.7 Å². The highest BCUT2D eigenvalue weighted by Gasteiger charge is 2.18. The van der Waals surface area contributed by atoms with E-state index >= 15 is 0 Å². The van der Waals surface area contributed by atoms with E-state index in [0.29, 0.717) is 0 Å². The van der Waals surface area contributed by atoms with Crippen LogP contribution in [0.3, 0.4) is 0 Å². The summed E-state index contributed by atoms with van der Waals surface area (Å²) < 4.78 is 0. The molecular formula is C14H27N3. The van der Waals surface area contributed by atoms with Crippen LogP contribution in [0.4, 0.5) is 0 Å². The number of aryl methyl sites for hydroxylation is 2. The van der Waals surface area contributed by atoms with Crippen molar-refractivity contribution < 1.29 is 0 Å². The molecule has 1 N–H and O–H groups in total. The lowest BCUT2D eigenvalue weighted by molar-refractivity contribution is 0.239. The molecule has 2 rings (SSSR count). The fourth-order valence-electron chi connectivity index (χ4n) is 2.36. The van der Waals surface area contributed by atoms with Gasteiger partial charge in [-0.2, -0.15) is 5.10 Å². The van der Waals surface area contributed by atoms with Gasteiger partial charge in [-0.3, -0.25) is 10.00 Å². The van der Waals surface area contributed by atoms with E-state index in [4.69, 9.17) is 0 Å². The van der Waals surface area contributed by atoms with Gasteiger partial charge in [0.1, 0.15) is 0 Å². The van der Waals surface area contributed by atoms with Crippen molar-refractivity contribution in [3.8, 4) is 0 Å². The molecule has 2 heterocycles. The molecule has 0 unspecified atom stereocenters. The number of fused-ring (bicyclic) bond motifs is 1. The summed E-state index contributed by atoms with van der Waals surface area (Å²) in [6, 6.07) is 0. The minimum absolute atomic E-state index is 0.749. The quantitative estimate of drug-likeness (QED) is 0.857. The number of rotatable bonds is 2. The smallest absolute Gasteiger partial charge is 0.0670 e. The van der Waals surface area contributed by atoms with E-state index in [0.717, 1.165) is 18.9 Å². The summed E-state index contributed by atoms with van der Waals surface area (Å²) in [5.74, 6) is 0.749. The Bertz CT molecular complexity index is 328. The Labute approximate surface area is 106 Å². The topological polar surface area (TPSA) is 31.9 Å². The van der Waals surface area contributed by atoms with Crippen LogP contribution in [0.15, 0.2) is 0 Å². The summed E-state index contributed by atoms with van der Waals surface area (Å²) in [6.07, 6.45) is 2.37. The van der Waals surface area contributed by atoms with Crippen LogP contribution >= 0.6 is 0 Å². The molecule has 0 atom stereocenters. The van der Waals surface area contributed by atoms with Crippen LogP contribution < -0.4 is 0 Å². The minimum atomic E-state index is 0.749. The van der Waals surface area contributed by atoms with Crippen molar-refractivity contribution >= 4 is 0 Å². The highest BCUT2D eigenvalue weighted by molar-refractivity contribution is 5.25. The molecule has 3 nitrogen and oxygen atoms in total. The van der Waals surface area contributed by atoms with E-state index in [-0.39, 0.29) is 0 Å². The second-order valence-corrected chi connectivity index (χ2v) is 5.01. The molecule has 0 aromatic carbocycles. The summed E-state index contributed by atoms with van der Waals surface area (Å²) in [7, 11) is 0. The van der Waals surface area contributed by atoms with Crippen LogP contribution in [0.2, 0.25) is 0 Å². The molecule has 1 aromatic rings. The summed E-state index contributed by atoms with van der Waals surface area (Å²) in [5.41, 5.74) is 3.98. The van der Waals surface area contributed by atoms with Gasteiger partial charge in [0, 0.05) is 24.3 Å².